The highest BCUT2D eigenvalue weighted by Crippen LogP contribution is 2.23. The van der Waals surface area contributed by atoms with Crippen LogP contribution >= 0.6 is 0 Å². The third-order valence-corrected chi connectivity index (χ3v) is 3.63. The van der Waals surface area contributed by atoms with Crippen LogP contribution in [-0.2, 0) is 16.4 Å². The Bertz CT molecular complexity index is 521. The Labute approximate surface area is 95.4 Å². The standard InChI is InChI=1S/C11H14N2O2S/c1-12-16(14,15)7-5-9-2-3-11-10(8-9)4-6-13-11/h2-3,5,7-8,12-13H,4,6H2,1H3. The average molecular weight is 238 g/mol. The number of hydrogen-bond donors (Lipinski definition) is 2. The molecule has 1 heterocycles. The lowest BCUT2D eigenvalue weighted by Gasteiger charge is -2.00. The Hall–Kier alpha value is -1.33. The molecule has 0 radical (unpaired) electrons. The van der Waals surface area contributed by atoms with Crippen LogP contribution in [0.1, 0.15) is 11.1 Å². The predicted molar refractivity (Wildman–Crippen MR) is 65.6 cm³/mol. The van der Waals surface area contributed by atoms with Gasteiger partial charge in [-0.15, -0.1) is 0 Å². The zero-order valence-corrected chi connectivity index (χ0v) is 9.84. The molecule has 1 aliphatic heterocycles. The van der Waals surface area contributed by atoms with Gasteiger partial charge in [-0.1, -0.05) is 6.07 Å². The molecule has 86 valence electrons. The molecule has 16 heavy (non-hydrogen) atoms. The van der Waals surface area contributed by atoms with Crippen LogP contribution in [0, 0.1) is 0 Å². The Morgan fingerprint density at radius 3 is 3.00 bits per heavy atom. The van der Waals surface area contributed by atoms with Gasteiger partial charge in [0.2, 0.25) is 10.0 Å². The van der Waals surface area contributed by atoms with E-state index in [1.165, 1.54) is 18.0 Å². The molecule has 0 unspecified atom stereocenters. The highest BCUT2D eigenvalue weighted by Gasteiger charge is 2.09. The maximum atomic E-state index is 11.2. The van der Waals surface area contributed by atoms with Gasteiger partial charge in [0.05, 0.1) is 0 Å². The number of nitrogens with one attached hydrogen (secondary N) is 2. The highest BCUT2D eigenvalue weighted by atomic mass is 32.2. The summed E-state index contributed by atoms with van der Waals surface area (Å²) in [4.78, 5) is 0. The molecule has 1 aromatic rings. The van der Waals surface area contributed by atoms with E-state index in [9.17, 15) is 8.42 Å². The molecule has 2 N–H and O–H groups in total. The van der Waals surface area contributed by atoms with Crippen molar-refractivity contribution in [1.29, 1.82) is 0 Å². The summed E-state index contributed by atoms with van der Waals surface area (Å²) in [6.45, 7) is 0.956. The van der Waals surface area contributed by atoms with Crippen molar-refractivity contribution in [1.82, 2.24) is 4.72 Å². The van der Waals surface area contributed by atoms with Gasteiger partial charge in [0.1, 0.15) is 0 Å². The second-order valence-corrected chi connectivity index (χ2v) is 5.42. The molecule has 0 amide bonds. The predicted octanol–water partition coefficient (Wildman–Crippen LogP) is 1.17. The summed E-state index contributed by atoms with van der Waals surface area (Å²) in [7, 11) is -1.88. The van der Waals surface area contributed by atoms with Crippen molar-refractivity contribution in [2.75, 3.05) is 18.9 Å². The first-order chi connectivity index (χ1) is 7.61. The quantitative estimate of drug-likeness (QED) is 0.831. The Balaban J connectivity index is 2.23. The molecular weight excluding hydrogens is 224 g/mol. The van der Waals surface area contributed by atoms with Crippen LogP contribution in [0.25, 0.3) is 6.08 Å². The first-order valence-corrected chi connectivity index (χ1v) is 6.64. The molecule has 5 heteroatoms. The van der Waals surface area contributed by atoms with E-state index < -0.39 is 10.0 Å². The average Bonchev–Trinajstić information content (AvgIpc) is 2.73. The zero-order chi connectivity index (χ0) is 11.6. The summed E-state index contributed by atoms with van der Waals surface area (Å²) >= 11 is 0. The number of rotatable bonds is 3. The number of fused-ring (bicyclic) bond motifs is 1. The van der Waals surface area contributed by atoms with Gasteiger partial charge in [-0.25, -0.2) is 13.1 Å². The molecule has 1 aromatic carbocycles. The lowest BCUT2D eigenvalue weighted by molar-refractivity contribution is 0.597. The van der Waals surface area contributed by atoms with Crippen molar-refractivity contribution < 1.29 is 8.42 Å². The number of anilines is 1. The van der Waals surface area contributed by atoms with Crippen LogP contribution in [0.5, 0.6) is 0 Å². The molecule has 1 aliphatic rings. The van der Waals surface area contributed by atoms with Gasteiger partial charge in [0.15, 0.2) is 0 Å². The molecule has 0 aromatic heterocycles. The minimum atomic E-state index is -3.28. The number of sulfonamides is 1. The van der Waals surface area contributed by atoms with Gasteiger partial charge < -0.3 is 5.32 Å². The molecular formula is C11H14N2O2S. The van der Waals surface area contributed by atoms with Gasteiger partial charge >= 0.3 is 0 Å². The lowest BCUT2D eigenvalue weighted by Crippen LogP contribution is -2.14. The van der Waals surface area contributed by atoms with Gasteiger partial charge in [-0.2, -0.15) is 0 Å². The van der Waals surface area contributed by atoms with E-state index in [0.717, 1.165) is 24.2 Å². The fraction of sp³-hybridized carbons (Fsp3) is 0.273. The van der Waals surface area contributed by atoms with Crippen molar-refractivity contribution in [3.63, 3.8) is 0 Å². The third-order valence-electron chi connectivity index (χ3n) is 2.56. The van der Waals surface area contributed by atoms with Crippen molar-refractivity contribution >= 4 is 21.8 Å². The Morgan fingerprint density at radius 1 is 1.44 bits per heavy atom. The normalized spacial score (nSPS) is 15.1. The minimum absolute atomic E-state index is 0.904. The second kappa shape index (κ2) is 4.27. The summed E-state index contributed by atoms with van der Waals surface area (Å²) in [6, 6.07) is 5.89. The Morgan fingerprint density at radius 2 is 2.25 bits per heavy atom. The van der Waals surface area contributed by atoms with Gasteiger partial charge in [-0.3, -0.25) is 0 Å². The van der Waals surface area contributed by atoms with Gasteiger partial charge in [0, 0.05) is 17.6 Å². The van der Waals surface area contributed by atoms with Crippen molar-refractivity contribution in [3.05, 3.63) is 34.7 Å². The topological polar surface area (TPSA) is 58.2 Å². The first kappa shape index (κ1) is 11.2. The molecule has 0 fully saturated rings. The van der Waals surface area contributed by atoms with E-state index in [2.05, 4.69) is 10.0 Å². The van der Waals surface area contributed by atoms with Crippen LogP contribution < -0.4 is 10.0 Å². The molecule has 0 atom stereocenters. The van der Waals surface area contributed by atoms with E-state index in [4.69, 9.17) is 0 Å². The van der Waals surface area contributed by atoms with E-state index >= 15 is 0 Å². The summed E-state index contributed by atoms with van der Waals surface area (Å²) in [6.07, 6.45) is 2.60. The fourth-order valence-corrected chi connectivity index (χ4v) is 2.14. The summed E-state index contributed by atoms with van der Waals surface area (Å²) < 4.78 is 24.6. The van der Waals surface area contributed by atoms with E-state index in [-0.39, 0.29) is 0 Å². The van der Waals surface area contributed by atoms with Gasteiger partial charge in [0.25, 0.3) is 0 Å². The van der Waals surface area contributed by atoms with Crippen LogP contribution in [0.2, 0.25) is 0 Å². The van der Waals surface area contributed by atoms with E-state index in [0.29, 0.717) is 0 Å². The molecule has 0 spiro atoms. The summed E-state index contributed by atoms with van der Waals surface area (Å²) in [5.74, 6) is 0. The summed E-state index contributed by atoms with van der Waals surface area (Å²) in [5, 5.41) is 4.43. The van der Waals surface area contributed by atoms with Crippen LogP contribution in [0.4, 0.5) is 5.69 Å². The number of benzene rings is 1. The zero-order valence-electron chi connectivity index (χ0n) is 9.03. The lowest BCUT2D eigenvalue weighted by atomic mass is 10.1. The van der Waals surface area contributed by atoms with Crippen LogP contribution in [0.15, 0.2) is 23.6 Å². The molecule has 0 saturated heterocycles. The highest BCUT2D eigenvalue weighted by molar-refractivity contribution is 7.92. The number of hydrogen-bond acceptors (Lipinski definition) is 3. The molecule has 2 rings (SSSR count). The molecule has 4 nitrogen and oxygen atoms in total. The first-order valence-electron chi connectivity index (χ1n) is 5.09. The monoisotopic (exact) mass is 238 g/mol. The maximum Gasteiger partial charge on any atom is 0.233 e. The van der Waals surface area contributed by atoms with E-state index in [1.54, 1.807) is 6.08 Å². The van der Waals surface area contributed by atoms with Crippen LogP contribution in [0.3, 0.4) is 0 Å². The van der Waals surface area contributed by atoms with Gasteiger partial charge in [-0.05, 0) is 42.8 Å². The maximum absolute atomic E-state index is 11.2. The molecule has 0 bridgehead atoms. The fourth-order valence-electron chi connectivity index (χ4n) is 1.66. The Kier molecular flexibility index (Phi) is 2.98. The SMILES string of the molecule is CNS(=O)(=O)C=Cc1ccc2c(c1)CCN2. The van der Waals surface area contributed by atoms with E-state index in [1.807, 2.05) is 18.2 Å². The van der Waals surface area contributed by atoms with Crippen molar-refractivity contribution in [2.24, 2.45) is 0 Å². The third kappa shape index (κ3) is 2.43. The molecule has 0 saturated carbocycles. The molecule has 0 aliphatic carbocycles. The van der Waals surface area contributed by atoms with Crippen molar-refractivity contribution in [2.45, 2.75) is 6.42 Å². The second-order valence-electron chi connectivity index (χ2n) is 3.65. The minimum Gasteiger partial charge on any atom is -0.384 e. The summed E-state index contributed by atoms with van der Waals surface area (Å²) in [5.41, 5.74) is 3.29. The largest absolute Gasteiger partial charge is 0.384 e. The van der Waals surface area contributed by atoms with Crippen LogP contribution in [-0.4, -0.2) is 22.0 Å². The van der Waals surface area contributed by atoms with Crippen molar-refractivity contribution in [3.8, 4) is 0 Å². The smallest absolute Gasteiger partial charge is 0.233 e.